The fourth-order valence-corrected chi connectivity index (χ4v) is 1.64. The van der Waals surface area contributed by atoms with E-state index in [0.717, 1.165) is 0 Å². The third kappa shape index (κ3) is 2.69. The topological polar surface area (TPSA) is 12.0 Å². The number of rotatable bonds is 3. The van der Waals surface area contributed by atoms with Crippen LogP contribution in [-0.4, -0.2) is 7.05 Å². The van der Waals surface area contributed by atoms with Gasteiger partial charge in [0, 0.05) is 6.04 Å². The quantitative estimate of drug-likeness (QED) is 0.788. The molecule has 1 unspecified atom stereocenters. The Labute approximate surface area is 93.2 Å². The van der Waals surface area contributed by atoms with Gasteiger partial charge in [-0.3, -0.25) is 0 Å². The molecule has 0 aromatic heterocycles. The summed E-state index contributed by atoms with van der Waals surface area (Å²) in [5.74, 6) is 0. The van der Waals surface area contributed by atoms with Crippen molar-refractivity contribution >= 4 is 5.57 Å². The summed E-state index contributed by atoms with van der Waals surface area (Å²) in [6, 6.07) is 9.00. The van der Waals surface area contributed by atoms with Crippen LogP contribution in [0.3, 0.4) is 0 Å². The van der Waals surface area contributed by atoms with Gasteiger partial charge in [-0.2, -0.15) is 0 Å². The smallest absolute Gasteiger partial charge is 0.0295 e. The molecule has 0 saturated heterocycles. The maximum Gasteiger partial charge on any atom is 0.0295 e. The van der Waals surface area contributed by atoms with Crippen molar-refractivity contribution in [1.82, 2.24) is 5.32 Å². The fourth-order valence-electron chi connectivity index (χ4n) is 1.64. The molecule has 0 aliphatic heterocycles. The molecule has 0 heterocycles. The minimum Gasteiger partial charge on any atom is -0.313 e. The average molecular weight is 203 g/mol. The van der Waals surface area contributed by atoms with Crippen LogP contribution in [0.5, 0.6) is 0 Å². The van der Waals surface area contributed by atoms with Gasteiger partial charge in [-0.05, 0) is 51.4 Å². The van der Waals surface area contributed by atoms with Crippen molar-refractivity contribution < 1.29 is 0 Å². The van der Waals surface area contributed by atoms with E-state index in [1.165, 1.54) is 22.3 Å². The molecule has 0 saturated carbocycles. The molecule has 1 rings (SSSR count). The second kappa shape index (κ2) is 5.13. The Bertz CT molecular complexity index is 359. The summed E-state index contributed by atoms with van der Waals surface area (Å²) in [4.78, 5) is 0. The van der Waals surface area contributed by atoms with Crippen LogP contribution in [0.15, 0.2) is 29.8 Å². The molecular weight excluding hydrogens is 182 g/mol. The highest BCUT2D eigenvalue weighted by atomic mass is 14.9. The van der Waals surface area contributed by atoms with E-state index in [1.54, 1.807) is 0 Å². The van der Waals surface area contributed by atoms with Crippen LogP contribution in [-0.2, 0) is 0 Å². The minimum atomic E-state index is 0.399. The lowest BCUT2D eigenvalue weighted by atomic mass is 9.94. The van der Waals surface area contributed by atoms with Gasteiger partial charge < -0.3 is 5.32 Å². The van der Waals surface area contributed by atoms with E-state index >= 15 is 0 Å². The number of hydrogen-bond donors (Lipinski definition) is 1. The predicted octanol–water partition coefficient (Wildman–Crippen LogP) is 3.78. The summed E-state index contributed by atoms with van der Waals surface area (Å²) in [5.41, 5.74) is 5.50. The van der Waals surface area contributed by atoms with Crippen molar-refractivity contribution in [2.24, 2.45) is 0 Å². The molecule has 15 heavy (non-hydrogen) atoms. The summed E-state index contributed by atoms with van der Waals surface area (Å²) in [5, 5.41) is 3.29. The van der Waals surface area contributed by atoms with E-state index in [9.17, 15) is 0 Å². The predicted molar refractivity (Wildman–Crippen MR) is 67.9 cm³/mol. The molecule has 0 radical (unpaired) electrons. The molecule has 1 N–H and O–H groups in total. The zero-order valence-corrected chi connectivity index (χ0v) is 10.4. The van der Waals surface area contributed by atoms with Gasteiger partial charge in [-0.15, -0.1) is 0 Å². The lowest BCUT2D eigenvalue weighted by Gasteiger charge is -2.17. The summed E-state index contributed by atoms with van der Waals surface area (Å²) >= 11 is 0. The lowest BCUT2D eigenvalue weighted by molar-refractivity contribution is 0.650. The molecular formula is C14H21N. The van der Waals surface area contributed by atoms with Gasteiger partial charge in [-0.1, -0.05) is 29.8 Å². The molecule has 0 aliphatic carbocycles. The highest BCUT2D eigenvalue weighted by molar-refractivity contribution is 5.69. The Morgan fingerprint density at radius 2 is 1.73 bits per heavy atom. The maximum absolute atomic E-state index is 3.29. The second-order valence-electron chi connectivity index (χ2n) is 4.22. The standard InChI is InChI=1S/C14H21N/c1-10(2)11(3)13-8-6-7-9-14(13)12(4)15-5/h6-9,12,15H,1-5H3. The van der Waals surface area contributed by atoms with Crippen LogP contribution in [0.25, 0.3) is 5.57 Å². The number of hydrogen-bond acceptors (Lipinski definition) is 1. The Morgan fingerprint density at radius 1 is 1.13 bits per heavy atom. The Hall–Kier alpha value is -1.08. The van der Waals surface area contributed by atoms with Crippen molar-refractivity contribution in [1.29, 1.82) is 0 Å². The van der Waals surface area contributed by atoms with Crippen LogP contribution >= 0.6 is 0 Å². The van der Waals surface area contributed by atoms with E-state index in [4.69, 9.17) is 0 Å². The van der Waals surface area contributed by atoms with Gasteiger partial charge in [0.05, 0.1) is 0 Å². The molecule has 1 atom stereocenters. The van der Waals surface area contributed by atoms with Gasteiger partial charge in [0.2, 0.25) is 0 Å². The van der Waals surface area contributed by atoms with Gasteiger partial charge in [0.25, 0.3) is 0 Å². The summed E-state index contributed by atoms with van der Waals surface area (Å²) in [6.45, 7) is 8.71. The number of benzene rings is 1. The van der Waals surface area contributed by atoms with Crippen LogP contribution in [0.4, 0.5) is 0 Å². The minimum absolute atomic E-state index is 0.399. The zero-order valence-electron chi connectivity index (χ0n) is 10.4. The molecule has 0 bridgehead atoms. The van der Waals surface area contributed by atoms with Crippen molar-refractivity contribution in [2.75, 3.05) is 7.05 Å². The van der Waals surface area contributed by atoms with Crippen LogP contribution in [0, 0.1) is 0 Å². The van der Waals surface area contributed by atoms with E-state index in [-0.39, 0.29) is 0 Å². The highest BCUT2D eigenvalue weighted by Crippen LogP contribution is 2.26. The first kappa shape index (κ1) is 12.0. The first-order valence-electron chi connectivity index (χ1n) is 5.48. The van der Waals surface area contributed by atoms with Crippen molar-refractivity contribution in [3.05, 3.63) is 41.0 Å². The number of nitrogens with one attached hydrogen (secondary N) is 1. The van der Waals surface area contributed by atoms with E-state index in [0.29, 0.717) is 6.04 Å². The average Bonchev–Trinajstić information content (AvgIpc) is 2.27. The first-order chi connectivity index (χ1) is 7.07. The van der Waals surface area contributed by atoms with Crippen molar-refractivity contribution in [2.45, 2.75) is 33.7 Å². The fraction of sp³-hybridized carbons (Fsp3) is 0.429. The van der Waals surface area contributed by atoms with Crippen molar-refractivity contribution in [3.8, 4) is 0 Å². The second-order valence-corrected chi connectivity index (χ2v) is 4.22. The van der Waals surface area contributed by atoms with Crippen LogP contribution < -0.4 is 5.32 Å². The van der Waals surface area contributed by atoms with Gasteiger partial charge in [-0.25, -0.2) is 0 Å². The van der Waals surface area contributed by atoms with Crippen LogP contribution in [0.1, 0.15) is 44.9 Å². The highest BCUT2D eigenvalue weighted by Gasteiger charge is 2.09. The number of allylic oxidation sites excluding steroid dienone is 2. The first-order valence-corrected chi connectivity index (χ1v) is 5.48. The van der Waals surface area contributed by atoms with Crippen molar-refractivity contribution in [3.63, 3.8) is 0 Å². The Balaban J connectivity index is 3.24. The molecule has 0 amide bonds. The SMILES string of the molecule is CNC(C)c1ccccc1C(C)=C(C)C. The zero-order chi connectivity index (χ0) is 11.4. The summed E-state index contributed by atoms with van der Waals surface area (Å²) in [6.07, 6.45) is 0. The van der Waals surface area contributed by atoms with E-state index in [2.05, 4.69) is 57.3 Å². The molecule has 1 heteroatoms. The molecule has 1 aromatic carbocycles. The van der Waals surface area contributed by atoms with Gasteiger partial charge in [0.1, 0.15) is 0 Å². The summed E-state index contributed by atoms with van der Waals surface area (Å²) in [7, 11) is 2.00. The van der Waals surface area contributed by atoms with E-state index in [1.807, 2.05) is 7.05 Å². The third-order valence-electron chi connectivity index (χ3n) is 3.01. The summed E-state index contributed by atoms with van der Waals surface area (Å²) < 4.78 is 0. The van der Waals surface area contributed by atoms with E-state index < -0.39 is 0 Å². The molecule has 1 nitrogen and oxygen atoms in total. The third-order valence-corrected chi connectivity index (χ3v) is 3.01. The molecule has 0 aliphatic rings. The van der Waals surface area contributed by atoms with Gasteiger partial charge in [0.15, 0.2) is 0 Å². The molecule has 1 aromatic rings. The monoisotopic (exact) mass is 203 g/mol. The Kier molecular flexibility index (Phi) is 4.10. The normalized spacial score (nSPS) is 12.3. The van der Waals surface area contributed by atoms with Gasteiger partial charge >= 0.3 is 0 Å². The molecule has 82 valence electrons. The maximum atomic E-state index is 3.29. The van der Waals surface area contributed by atoms with Crippen LogP contribution in [0.2, 0.25) is 0 Å². The lowest BCUT2D eigenvalue weighted by Crippen LogP contribution is -2.13. The Morgan fingerprint density at radius 3 is 2.27 bits per heavy atom. The molecule has 0 spiro atoms. The molecule has 0 fully saturated rings. The largest absolute Gasteiger partial charge is 0.313 e.